The average Bonchev–Trinajstić information content (AvgIpc) is 2.75. The number of halogens is 2. The van der Waals surface area contributed by atoms with Gasteiger partial charge in [-0.3, -0.25) is 4.79 Å². The lowest BCUT2D eigenvalue weighted by Crippen LogP contribution is -2.37. The van der Waals surface area contributed by atoms with Crippen molar-refractivity contribution in [3.05, 3.63) is 94.8 Å². The highest BCUT2D eigenvalue weighted by molar-refractivity contribution is 7.89. The van der Waals surface area contributed by atoms with Gasteiger partial charge >= 0.3 is 0 Å². The van der Waals surface area contributed by atoms with E-state index in [2.05, 4.69) is 5.32 Å². The number of benzene rings is 3. The Morgan fingerprint density at radius 2 is 1.74 bits per heavy atom. The van der Waals surface area contributed by atoms with Gasteiger partial charge in [-0.25, -0.2) is 12.8 Å². The van der Waals surface area contributed by atoms with Crippen LogP contribution < -0.4 is 5.32 Å². The molecule has 0 aliphatic carbocycles. The van der Waals surface area contributed by atoms with Crippen LogP contribution in [0.5, 0.6) is 0 Å². The Labute approximate surface area is 184 Å². The number of carbonyl (C=O) groups excluding carboxylic acids is 1. The minimum Gasteiger partial charge on any atom is -0.325 e. The van der Waals surface area contributed by atoms with Crippen LogP contribution >= 0.6 is 11.6 Å². The first kappa shape index (κ1) is 22.4. The van der Waals surface area contributed by atoms with Gasteiger partial charge in [-0.2, -0.15) is 9.57 Å². The zero-order valence-electron chi connectivity index (χ0n) is 16.1. The molecule has 3 aromatic rings. The summed E-state index contributed by atoms with van der Waals surface area (Å²) in [6.45, 7) is -0.629. The molecule has 0 unspecified atom stereocenters. The molecule has 0 spiro atoms. The molecule has 6 nitrogen and oxygen atoms in total. The number of anilines is 1. The number of nitriles is 1. The molecule has 0 saturated carbocycles. The van der Waals surface area contributed by atoms with Crippen molar-refractivity contribution in [2.75, 3.05) is 11.9 Å². The van der Waals surface area contributed by atoms with Crippen molar-refractivity contribution in [1.29, 1.82) is 5.26 Å². The van der Waals surface area contributed by atoms with Crippen molar-refractivity contribution in [1.82, 2.24) is 4.31 Å². The summed E-state index contributed by atoms with van der Waals surface area (Å²) in [6, 6.07) is 19.2. The fourth-order valence-electron chi connectivity index (χ4n) is 2.80. The minimum absolute atomic E-state index is 0.0294. The van der Waals surface area contributed by atoms with E-state index >= 15 is 0 Å². The van der Waals surface area contributed by atoms with E-state index in [1.807, 2.05) is 6.07 Å². The van der Waals surface area contributed by atoms with Gasteiger partial charge < -0.3 is 5.32 Å². The lowest BCUT2D eigenvalue weighted by atomic mass is 10.2. The first-order valence-corrected chi connectivity index (χ1v) is 10.9. The molecule has 0 heterocycles. The zero-order chi connectivity index (χ0) is 22.4. The molecule has 0 atom stereocenters. The Bertz CT molecular complexity index is 1220. The maximum Gasteiger partial charge on any atom is 0.243 e. The lowest BCUT2D eigenvalue weighted by molar-refractivity contribution is -0.116. The van der Waals surface area contributed by atoms with Crippen LogP contribution in [-0.2, 0) is 21.4 Å². The standard InChI is InChI=1S/C22H17ClFN3O3S/c23-18-6-10-21(11-7-18)31(29,30)27(14-16-4-8-19(24)9-5-16)15-22(28)26-20-3-1-2-17(12-20)13-25/h1-12H,14-15H2,(H,26,28). The Morgan fingerprint density at radius 3 is 2.39 bits per heavy atom. The second kappa shape index (κ2) is 9.71. The monoisotopic (exact) mass is 457 g/mol. The smallest absolute Gasteiger partial charge is 0.243 e. The summed E-state index contributed by atoms with van der Waals surface area (Å²) in [5, 5.41) is 12.0. The Kier molecular flexibility index (Phi) is 7.02. The van der Waals surface area contributed by atoms with Crippen molar-refractivity contribution < 1.29 is 17.6 Å². The number of carbonyl (C=O) groups is 1. The third-order valence-electron chi connectivity index (χ3n) is 4.32. The van der Waals surface area contributed by atoms with E-state index in [1.54, 1.807) is 18.2 Å². The van der Waals surface area contributed by atoms with Gasteiger partial charge in [-0.1, -0.05) is 29.8 Å². The lowest BCUT2D eigenvalue weighted by Gasteiger charge is -2.22. The van der Waals surface area contributed by atoms with Crippen LogP contribution in [0, 0.1) is 17.1 Å². The van der Waals surface area contributed by atoms with Crippen molar-refractivity contribution >= 4 is 33.2 Å². The van der Waals surface area contributed by atoms with E-state index in [1.165, 1.54) is 54.6 Å². The average molecular weight is 458 g/mol. The first-order valence-electron chi connectivity index (χ1n) is 9.08. The minimum atomic E-state index is -4.06. The van der Waals surface area contributed by atoms with Gasteiger partial charge in [0.25, 0.3) is 0 Å². The maximum atomic E-state index is 13.2. The zero-order valence-corrected chi connectivity index (χ0v) is 17.7. The number of nitrogens with one attached hydrogen (secondary N) is 1. The highest BCUT2D eigenvalue weighted by atomic mass is 35.5. The number of sulfonamides is 1. The summed E-state index contributed by atoms with van der Waals surface area (Å²) >= 11 is 5.85. The summed E-state index contributed by atoms with van der Waals surface area (Å²) < 4.78 is 40.6. The molecule has 3 rings (SSSR count). The molecule has 0 aliphatic rings. The van der Waals surface area contributed by atoms with Gasteiger partial charge in [0.1, 0.15) is 5.82 Å². The van der Waals surface area contributed by atoms with Crippen molar-refractivity contribution in [3.63, 3.8) is 0 Å². The SMILES string of the molecule is N#Cc1cccc(NC(=O)CN(Cc2ccc(F)cc2)S(=O)(=O)c2ccc(Cl)cc2)c1. The van der Waals surface area contributed by atoms with Gasteiger partial charge in [0.05, 0.1) is 23.1 Å². The maximum absolute atomic E-state index is 13.2. The van der Waals surface area contributed by atoms with Crippen LogP contribution in [0.15, 0.2) is 77.7 Å². The van der Waals surface area contributed by atoms with E-state index in [4.69, 9.17) is 16.9 Å². The first-order chi connectivity index (χ1) is 14.8. The topological polar surface area (TPSA) is 90.3 Å². The predicted molar refractivity (Wildman–Crippen MR) is 115 cm³/mol. The van der Waals surface area contributed by atoms with E-state index in [0.29, 0.717) is 21.8 Å². The predicted octanol–water partition coefficient (Wildman–Crippen LogP) is 4.18. The van der Waals surface area contributed by atoms with Crippen LogP contribution in [-0.4, -0.2) is 25.2 Å². The van der Waals surface area contributed by atoms with Crippen molar-refractivity contribution in [3.8, 4) is 6.07 Å². The summed E-state index contributed by atoms with van der Waals surface area (Å²) in [5.74, 6) is -1.04. The van der Waals surface area contributed by atoms with Crippen LogP contribution in [0.4, 0.5) is 10.1 Å². The van der Waals surface area contributed by atoms with Gasteiger partial charge in [0, 0.05) is 17.3 Å². The van der Waals surface area contributed by atoms with E-state index in [9.17, 15) is 17.6 Å². The number of amides is 1. The summed E-state index contributed by atoms with van der Waals surface area (Å²) in [5.41, 5.74) is 1.24. The Morgan fingerprint density at radius 1 is 1.06 bits per heavy atom. The molecule has 0 aliphatic heterocycles. The molecular formula is C22H17ClFN3O3S. The molecule has 0 fully saturated rings. The third kappa shape index (κ3) is 5.89. The number of rotatable bonds is 7. The largest absolute Gasteiger partial charge is 0.325 e. The summed E-state index contributed by atoms with van der Waals surface area (Å²) in [7, 11) is -4.06. The molecular weight excluding hydrogens is 441 g/mol. The molecule has 1 N–H and O–H groups in total. The highest BCUT2D eigenvalue weighted by Crippen LogP contribution is 2.21. The van der Waals surface area contributed by atoms with Crippen LogP contribution in [0.1, 0.15) is 11.1 Å². The van der Waals surface area contributed by atoms with E-state index in [0.717, 1.165) is 4.31 Å². The molecule has 9 heteroatoms. The molecule has 0 saturated heterocycles. The van der Waals surface area contributed by atoms with Gasteiger partial charge in [0.15, 0.2) is 0 Å². The number of nitrogens with zero attached hydrogens (tertiary/aromatic N) is 2. The molecule has 31 heavy (non-hydrogen) atoms. The summed E-state index contributed by atoms with van der Waals surface area (Å²) in [4.78, 5) is 12.6. The fourth-order valence-corrected chi connectivity index (χ4v) is 4.31. The fraction of sp³-hybridized carbons (Fsp3) is 0.0909. The van der Waals surface area contributed by atoms with Gasteiger partial charge in [0.2, 0.25) is 15.9 Å². The third-order valence-corrected chi connectivity index (χ3v) is 6.38. The molecule has 158 valence electrons. The summed E-state index contributed by atoms with van der Waals surface area (Å²) in [6.07, 6.45) is 0. The van der Waals surface area contributed by atoms with Crippen LogP contribution in [0.2, 0.25) is 5.02 Å². The molecule has 3 aromatic carbocycles. The second-order valence-corrected chi connectivity index (χ2v) is 8.97. The quantitative estimate of drug-likeness (QED) is 0.576. The Hall–Kier alpha value is -3.25. The van der Waals surface area contributed by atoms with E-state index < -0.39 is 28.3 Å². The number of hydrogen-bond donors (Lipinski definition) is 1. The molecule has 0 aromatic heterocycles. The van der Waals surface area contributed by atoms with Crippen molar-refractivity contribution in [2.24, 2.45) is 0 Å². The normalized spacial score (nSPS) is 11.2. The van der Waals surface area contributed by atoms with Crippen LogP contribution in [0.3, 0.4) is 0 Å². The number of hydrogen-bond acceptors (Lipinski definition) is 4. The molecule has 0 radical (unpaired) electrons. The van der Waals surface area contributed by atoms with Gasteiger partial charge in [-0.15, -0.1) is 0 Å². The van der Waals surface area contributed by atoms with Gasteiger partial charge in [-0.05, 0) is 60.2 Å². The second-order valence-electron chi connectivity index (χ2n) is 6.59. The molecule has 1 amide bonds. The van der Waals surface area contributed by atoms with Crippen molar-refractivity contribution in [2.45, 2.75) is 11.4 Å². The van der Waals surface area contributed by atoms with E-state index in [-0.39, 0.29) is 11.4 Å². The molecule has 0 bridgehead atoms. The Balaban J connectivity index is 1.87. The highest BCUT2D eigenvalue weighted by Gasteiger charge is 2.27. The van der Waals surface area contributed by atoms with Crippen LogP contribution in [0.25, 0.3) is 0 Å².